The lowest BCUT2D eigenvalue weighted by Crippen LogP contribution is -2.48. The topological polar surface area (TPSA) is 137 Å². The number of hydrogen-bond donors (Lipinski definition) is 1. The van der Waals surface area contributed by atoms with Crippen LogP contribution in [0.2, 0.25) is 0 Å². The molecular formula is C27H26FN3O8S. The van der Waals surface area contributed by atoms with E-state index in [0.29, 0.717) is 24.2 Å². The molecule has 0 bridgehead atoms. The van der Waals surface area contributed by atoms with Crippen molar-refractivity contribution >= 4 is 21.9 Å². The zero-order valence-corrected chi connectivity index (χ0v) is 22.0. The third kappa shape index (κ3) is 6.12. The number of rotatable bonds is 9. The van der Waals surface area contributed by atoms with E-state index in [2.05, 4.69) is 5.48 Å². The minimum absolute atomic E-state index is 0.163. The van der Waals surface area contributed by atoms with E-state index in [1.165, 1.54) is 29.2 Å². The van der Waals surface area contributed by atoms with Crippen LogP contribution in [0, 0.1) is 21.8 Å². The summed E-state index contributed by atoms with van der Waals surface area (Å²) in [5, 5.41) is 11.0. The Morgan fingerprint density at radius 1 is 1.10 bits per heavy atom. The summed E-state index contributed by atoms with van der Waals surface area (Å²) in [5.41, 5.74) is 4.16. The molecule has 3 aromatic rings. The van der Waals surface area contributed by atoms with Gasteiger partial charge in [0, 0.05) is 43.6 Å². The fourth-order valence-corrected chi connectivity index (χ4v) is 5.62. The van der Waals surface area contributed by atoms with Crippen molar-refractivity contribution in [3.63, 3.8) is 0 Å². The summed E-state index contributed by atoms with van der Waals surface area (Å²) in [6, 6.07) is 18.6. The van der Waals surface area contributed by atoms with Crippen LogP contribution in [0.3, 0.4) is 0 Å². The van der Waals surface area contributed by atoms with Gasteiger partial charge < -0.3 is 9.64 Å². The Balaban J connectivity index is 1.17. The molecule has 2 saturated heterocycles. The summed E-state index contributed by atoms with van der Waals surface area (Å²) in [7, 11) is -4.27. The first-order valence-corrected chi connectivity index (χ1v) is 13.9. The Morgan fingerprint density at radius 3 is 2.60 bits per heavy atom. The summed E-state index contributed by atoms with van der Waals surface area (Å²) >= 11 is 0. The van der Waals surface area contributed by atoms with Crippen LogP contribution in [-0.4, -0.2) is 50.6 Å². The fraction of sp³-hybridized carbons (Fsp3) is 0.296. The van der Waals surface area contributed by atoms with Crippen molar-refractivity contribution in [2.75, 3.05) is 26.2 Å². The number of hydrogen-bond acceptors (Lipinski definition) is 9. The lowest BCUT2D eigenvalue weighted by molar-refractivity contribution is -0.385. The quantitative estimate of drug-likeness (QED) is 0.229. The van der Waals surface area contributed by atoms with Crippen molar-refractivity contribution in [1.82, 2.24) is 10.4 Å². The van der Waals surface area contributed by atoms with Gasteiger partial charge in [0.05, 0.1) is 11.5 Å². The molecule has 2 atom stereocenters. The molecule has 13 heteroatoms. The van der Waals surface area contributed by atoms with E-state index in [1.807, 2.05) is 30.3 Å². The lowest BCUT2D eigenvalue weighted by Gasteiger charge is -2.38. The monoisotopic (exact) mass is 571 g/mol. The summed E-state index contributed by atoms with van der Waals surface area (Å²) in [6.45, 7) is 0.793. The highest BCUT2D eigenvalue weighted by atomic mass is 32.2. The van der Waals surface area contributed by atoms with Crippen molar-refractivity contribution in [2.24, 2.45) is 5.92 Å². The van der Waals surface area contributed by atoms with Gasteiger partial charge in [-0.05, 0) is 28.8 Å². The molecular weight excluding hydrogens is 545 g/mol. The van der Waals surface area contributed by atoms with Gasteiger partial charge in [0.1, 0.15) is 23.4 Å². The van der Waals surface area contributed by atoms with Crippen LogP contribution < -0.4 is 5.48 Å². The van der Waals surface area contributed by atoms with Gasteiger partial charge in [-0.25, -0.2) is 14.7 Å². The largest absolute Gasteiger partial charge is 0.445 e. The molecule has 1 N–H and O–H groups in total. The number of ether oxygens (including phenoxy) is 1. The number of carbonyl (C=O) groups is 1. The van der Waals surface area contributed by atoms with Crippen LogP contribution in [0.15, 0.2) is 77.7 Å². The molecule has 0 spiro atoms. The van der Waals surface area contributed by atoms with Gasteiger partial charge in [-0.3, -0.25) is 19.1 Å². The molecule has 2 heterocycles. The highest BCUT2D eigenvalue weighted by Gasteiger charge is 2.36. The molecule has 2 fully saturated rings. The second kappa shape index (κ2) is 11.7. The minimum atomic E-state index is -4.27. The van der Waals surface area contributed by atoms with Gasteiger partial charge in [-0.15, -0.1) is 0 Å². The number of nitro groups is 1. The summed E-state index contributed by atoms with van der Waals surface area (Å²) < 4.78 is 50.8. The van der Waals surface area contributed by atoms with Gasteiger partial charge >= 0.3 is 6.09 Å². The molecule has 40 heavy (non-hydrogen) atoms. The molecule has 1 unspecified atom stereocenters. The van der Waals surface area contributed by atoms with Crippen molar-refractivity contribution in [3.05, 3.63) is 105 Å². The average Bonchev–Trinajstić information content (AvgIpc) is 3.40. The Bertz CT molecular complexity index is 1500. The van der Waals surface area contributed by atoms with Crippen molar-refractivity contribution in [2.45, 2.75) is 23.5 Å². The summed E-state index contributed by atoms with van der Waals surface area (Å²) in [6.07, 6.45) is -1.14. The third-order valence-corrected chi connectivity index (χ3v) is 8.15. The number of nitrogens with zero attached hydrogens (tertiary/aromatic N) is 2. The zero-order chi connectivity index (χ0) is 28.3. The number of benzene rings is 3. The lowest BCUT2D eigenvalue weighted by atomic mass is 9.89. The molecule has 3 aromatic carbocycles. The molecule has 1 amide bonds. The number of non-ortho nitro benzene ring substituents is 1. The Labute approximate surface area is 229 Å². The second-order valence-corrected chi connectivity index (χ2v) is 11.2. The third-order valence-electron chi connectivity index (χ3n) is 6.88. The number of hydroxylamine groups is 1. The first-order chi connectivity index (χ1) is 19.2. The van der Waals surface area contributed by atoms with Gasteiger partial charge in [-0.2, -0.15) is 8.42 Å². The van der Waals surface area contributed by atoms with Crippen LogP contribution in [0.25, 0.3) is 0 Å². The number of carbonyl (C=O) groups excluding carboxylic acids is 1. The SMILES string of the molecule is O=C(OCc1ccccc1)N1CC(c2ccc([C@@H]3ONCC3COS(=O)(=O)c3cccc([N+](=O)[O-])c3)cc2F)C1. The normalized spacial score (nSPS) is 19.3. The van der Waals surface area contributed by atoms with E-state index in [4.69, 9.17) is 13.8 Å². The van der Waals surface area contributed by atoms with Crippen LogP contribution in [0.5, 0.6) is 0 Å². The number of nitro benzene ring substituents is 1. The van der Waals surface area contributed by atoms with Gasteiger partial charge in [-0.1, -0.05) is 48.5 Å². The van der Waals surface area contributed by atoms with Crippen LogP contribution in [-0.2, 0) is 30.5 Å². The van der Waals surface area contributed by atoms with E-state index in [-0.39, 0.29) is 36.3 Å². The van der Waals surface area contributed by atoms with E-state index in [0.717, 1.165) is 11.6 Å². The Morgan fingerprint density at radius 2 is 1.88 bits per heavy atom. The number of amides is 1. The van der Waals surface area contributed by atoms with Crippen molar-refractivity contribution < 1.29 is 36.3 Å². The summed E-state index contributed by atoms with van der Waals surface area (Å²) in [4.78, 5) is 29.3. The maximum Gasteiger partial charge on any atom is 0.410 e. The molecule has 0 aromatic heterocycles. The van der Waals surface area contributed by atoms with Crippen LogP contribution in [0.1, 0.15) is 28.7 Å². The first-order valence-electron chi connectivity index (χ1n) is 12.5. The number of halogens is 1. The summed E-state index contributed by atoms with van der Waals surface area (Å²) in [5.74, 6) is -1.11. The fourth-order valence-electron chi connectivity index (χ4n) is 4.62. The first kappa shape index (κ1) is 27.6. The predicted octanol–water partition coefficient (Wildman–Crippen LogP) is 4.07. The standard InChI is InChI=1S/C27H26FN3O8S/c28-25-11-19(9-10-24(25)21-14-30(15-21)27(32)37-16-18-5-2-1-3-6-18)26-20(13-29-39-26)17-38-40(35,36)23-8-4-7-22(12-23)31(33)34/h1-12,20-21,26,29H,13-17H2/t20?,26-/m0/s1. The second-order valence-electron chi connectivity index (χ2n) is 9.56. The van der Waals surface area contributed by atoms with Gasteiger partial charge in [0.15, 0.2) is 0 Å². The molecule has 0 aliphatic carbocycles. The predicted molar refractivity (Wildman–Crippen MR) is 139 cm³/mol. The Hall–Kier alpha value is -3.91. The molecule has 2 aliphatic heterocycles. The zero-order valence-electron chi connectivity index (χ0n) is 21.1. The molecule has 11 nitrogen and oxygen atoms in total. The maximum absolute atomic E-state index is 15.1. The highest BCUT2D eigenvalue weighted by Crippen LogP contribution is 2.35. The van der Waals surface area contributed by atoms with Crippen LogP contribution in [0.4, 0.5) is 14.9 Å². The minimum Gasteiger partial charge on any atom is -0.445 e. The van der Waals surface area contributed by atoms with Crippen LogP contribution >= 0.6 is 0 Å². The van der Waals surface area contributed by atoms with Crippen molar-refractivity contribution in [3.8, 4) is 0 Å². The number of likely N-dealkylation sites (tertiary alicyclic amines) is 1. The van der Waals surface area contributed by atoms with E-state index < -0.39 is 39.0 Å². The van der Waals surface area contributed by atoms with E-state index in [9.17, 15) is 23.3 Å². The van der Waals surface area contributed by atoms with Gasteiger partial charge in [0.25, 0.3) is 15.8 Å². The smallest absolute Gasteiger partial charge is 0.410 e. The molecule has 2 aliphatic rings. The molecule has 0 saturated carbocycles. The van der Waals surface area contributed by atoms with Gasteiger partial charge in [0.2, 0.25) is 0 Å². The average molecular weight is 572 g/mol. The van der Waals surface area contributed by atoms with E-state index >= 15 is 4.39 Å². The van der Waals surface area contributed by atoms with E-state index in [1.54, 1.807) is 12.1 Å². The molecule has 5 rings (SSSR count). The maximum atomic E-state index is 15.1. The number of nitrogens with one attached hydrogen (secondary N) is 1. The van der Waals surface area contributed by atoms with Crippen molar-refractivity contribution in [1.29, 1.82) is 0 Å². The highest BCUT2D eigenvalue weighted by molar-refractivity contribution is 7.86. The molecule has 210 valence electrons. The Kier molecular flexibility index (Phi) is 8.07. The molecule has 0 radical (unpaired) electrons.